The summed E-state index contributed by atoms with van der Waals surface area (Å²) in [6.45, 7) is 6.55. The fourth-order valence-electron chi connectivity index (χ4n) is 4.01. The van der Waals surface area contributed by atoms with Gasteiger partial charge in [-0.1, -0.05) is 0 Å². The van der Waals surface area contributed by atoms with Crippen molar-refractivity contribution < 1.29 is 5.11 Å². The number of anilines is 2. The molecule has 1 saturated carbocycles. The van der Waals surface area contributed by atoms with Crippen LogP contribution >= 0.6 is 11.8 Å². The highest BCUT2D eigenvalue weighted by atomic mass is 32.2. The van der Waals surface area contributed by atoms with Gasteiger partial charge in [-0.05, 0) is 82.4 Å². The first kappa shape index (κ1) is 17.9. The first-order valence-electron chi connectivity index (χ1n) is 9.71. The van der Waals surface area contributed by atoms with Crippen molar-refractivity contribution in [2.24, 2.45) is 0 Å². The normalized spacial score (nSPS) is 23.1. The molecule has 2 N–H and O–H groups in total. The first-order chi connectivity index (χ1) is 12.4. The van der Waals surface area contributed by atoms with E-state index in [0.717, 1.165) is 36.5 Å². The van der Waals surface area contributed by atoms with Crippen molar-refractivity contribution in [2.45, 2.75) is 75.3 Å². The molecule has 2 heterocycles. The van der Waals surface area contributed by atoms with Gasteiger partial charge in [0.1, 0.15) is 5.82 Å². The summed E-state index contributed by atoms with van der Waals surface area (Å²) in [6, 6.07) is 8.90. The number of nitrogens with zero attached hydrogens (tertiary/aromatic N) is 2. The van der Waals surface area contributed by atoms with Gasteiger partial charge >= 0.3 is 0 Å². The molecule has 1 fully saturated rings. The number of aliphatic hydroxyl groups is 1. The van der Waals surface area contributed by atoms with Gasteiger partial charge in [0, 0.05) is 22.6 Å². The van der Waals surface area contributed by atoms with Crippen LogP contribution in [0.25, 0.3) is 0 Å². The summed E-state index contributed by atoms with van der Waals surface area (Å²) in [4.78, 5) is 1.42. The van der Waals surface area contributed by atoms with E-state index in [-0.39, 0.29) is 11.6 Å². The molecule has 0 radical (unpaired) electrons. The zero-order valence-electron chi connectivity index (χ0n) is 16.0. The molecule has 26 heavy (non-hydrogen) atoms. The van der Waals surface area contributed by atoms with Gasteiger partial charge in [0.2, 0.25) is 0 Å². The molecule has 2 aromatic rings. The van der Waals surface area contributed by atoms with Gasteiger partial charge in [0.25, 0.3) is 0 Å². The minimum Gasteiger partial charge on any atom is -0.393 e. The highest BCUT2D eigenvalue weighted by Gasteiger charge is 2.29. The number of aromatic nitrogens is 2. The van der Waals surface area contributed by atoms with Crippen molar-refractivity contribution >= 4 is 23.3 Å². The van der Waals surface area contributed by atoms with Gasteiger partial charge in [0.15, 0.2) is 0 Å². The third-order valence-electron chi connectivity index (χ3n) is 5.37. The molecule has 4 rings (SSSR count). The maximum atomic E-state index is 9.89. The number of nitrogens with one attached hydrogen (secondary N) is 1. The Morgan fingerprint density at radius 3 is 2.81 bits per heavy atom. The monoisotopic (exact) mass is 371 g/mol. The van der Waals surface area contributed by atoms with E-state index < -0.39 is 0 Å². The fourth-order valence-corrected chi connectivity index (χ4v) is 5.03. The summed E-state index contributed by atoms with van der Waals surface area (Å²) in [5.74, 6) is 2.64. The summed E-state index contributed by atoms with van der Waals surface area (Å²) in [5.41, 5.74) is 3.59. The summed E-state index contributed by atoms with van der Waals surface area (Å²) in [6.07, 6.45) is 5.00. The fraction of sp³-hybridized carbons (Fsp3) is 0.571. The van der Waals surface area contributed by atoms with Gasteiger partial charge in [-0.25, -0.2) is 4.68 Å². The molecule has 5 heteroatoms. The Labute approximate surface area is 160 Å². The lowest BCUT2D eigenvalue weighted by atomic mass is 10.0. The number of rotatable bonds is 3. The van der Waals surface area contributed by atoms with E-state index in [1.54, 1.807) is 0 Å². The van der Waals surface area contributed by atoms with Crippen LogP contribution in [0.4, 0.5) is 11.5 Å². The summed E-state index contributed by atoms with van der Waals surface area (Å²) >= 11 is 1.96. The Morgan fingerprint density at radius 1 is 1.23 bits per heavy atom. The predicted molar refractivity (Wildman–Crippen MR) is 109 cm³/mol. The Morgan fingerprint density at radius 2 is 2.08 bits per heavy atom. The molecule has 1 aromatic carbocycles. The molecule has 1 aromatic heterocycles. The zero-order chi connectivity index (χ0) is 18.3. The van der Waals surface area contributed by atoms with E-state index in [2.05, 4.69) is 55.0 Å². The van der Waals surface area contributed by atoms with Crippen molar-refractivity contribution in [1.82, 2.24) is 9.78 Å². The van der Waals surface area contributed by atoms with Crippen LogP contribution in [0.5, 0.6) is 0 Å². The molecule has 2 atom stereocenters. The molecular weight excluding hydrogens is 342 g/mol. The van der Waals surface area contributed by atoms with Gasteiger partial charge < -0.3 is 10.4 Å². The highest BCUT2D eigenvalue weighted by Crippen LogP contribution is 2.37. The molecule has 4 nitrogen and oxygen atoms in total. The topological polar surface area (TPSA) is 50.1 Å². The number of hydrogen-bond acceptors (Lipinski definition) is 4. The number of fused-ring (bicyclic) bond motifs is 1. The second kappa shape index (κ2) is 6.93. The van der Waals surface area contributed by atoms with Crippen molar-refractivity contribution in [3.63, 3.8) is 0 Å². The lowest BCUT2D eigenvalue weighted by Crippen LogP contribution is -2.24. The Bertz CT molecular complexity index is 793. The average molecular weight is 372 g/mol. The third kappa shape index (κ3) is 3.65. The number of aryl methyl sites for hydroxylation is 1. The van der Waals surface area contributed by atoms with E-state index in [4.69, 9.17) is 5.10 Å². The number of hydrogen-bond donors (Lipinski definition) is 2. The first-order valence-corrected chi connectivity index (χ1v) is 10.7. The molecule has 140 valence electrons. The van der Waals surface area contributed by atoms with Crippen molar-refractivity contribution in [2.75, 3.05) is 11.1 Å². The molecule has 2 unspecified atom stereocenters. The van der Waals surface area contributed by atoms with Crippen LogP contribution in [-0.2, 0) is 12.0 Å². The SMILES string of the molecule is CC(C)(C)n1nc(C2CCC(O)C2)cc1Nc1ccc2c(c1)CCCS2. The quantitative estimate of drug-likeness (QED) is 0.793. The average Bonchev–Trinajstić information content (AvgIpc) is 3.21. The van der Waals surface area contributed by atoms with Gasteiger partial charge in [-0.3, -0.25) is 0 Å². The maximum absolute atomic E-state index is 9.89. The smallest absolute Gasteiger partial charge is 0.129 e. The standard InChI is InChI=1S/C21H29N3OS/c1-21(2,3)24-20(13-18(23-24)14-6-8-17(25)12-14)22-16-7-9-19-15(11-16)5-4-10-26-19/h7,9,11,13-14,17,22,25H,4-6,8,10,12H2,1-3H3. The Hall–Kier alpha value is -1.46. The molecule has 0 spiro atoms. The van der Waals surface area contributed by atoms with Crippen LogP contribution in [0.2, 0.25) is 0 Å². The number of aliphatic hydroxyl groups excluding tert-OH is 1. The van der Waals surface area contributed by atoms with Crippen LogP contribution in [0, 0.1) is 0 Å². The van der Waals surface area contributed by atoms with E-state index in [0.29, 0.717) is 5.92 Å². The van der Waals surface area contributed by atoms with Crippen molar-refractivity contribution in [3.05, 3.63) is 35.5 Å². The number of thioether (sulfide) groups is 1. The molecule has 0 amide bonds. The van der Waals surface area contributed by atoms with E-state index in [1.807, 2.05) is 11.8 Å². The van der Waals surface area contributed by atoms with Crippen LogP contribution in [0.15, 0.2) is 29.2 Å². The lowest BCUT2D eigenvalue weighted by Gasteiger charge is -2.23. The summed E-state index contributed by atoms with van der Waals surface area (Å²) in [7, 11) is 0. The second-order valence-electron chi connectivity index (χ2n) is 8.60. The minimum absolute atomic E-state index is 0.0954. The highest BCUT2D eigenvalue weighted by molar-refractivity contribution is 7.99. The maximum Gasteiger partial charge on any atom is 0.129 e. The van der Waals surface area contributed by atoms with Crippen molar-refractivity contribution in [3.8, 4) is 0 Å². The molecule has 2 aliphatic rings. The third-order valence-corrected chi connectivity index (χ3v) is 6.57. The largest absolute Gasteiger partial charge is 0.393 e. The van der Waals surface area contributed by atoms with Crippen LogP contribution < -0.4 is 5.32 Å². The predicted octanol–water partition coefficient (Wildman–Crippen LogP) is 5.05. The lowest BCUT2D eigenvalue weighted by molar-refractivity contribution is 0.181. The van der Waals surface area contributed by atoms with Gasteiger partial charge in [-0.15, -0.1) is 11.8 Å². The molecule has 0 bridgehead atoms. The van der Waals surface area contributed by atoms with Crippen molar-refractivity contribution in [1.29, 1.82) is 0 Å². The van der Waals surface area contributed by atoms with E-state index in [1.165, 1.54) is 29.1 Å². The second-order valence-corrected chi connectivity index (χ2v) is 9.74. The number of benzene rings is 1. The van der Waals surface area contributed by atoms with Gasteiger partial charge in [0.05, 0.1) is 17.3 Å². The van der Waals surface area contributed by atoms with E-state index >= 15 is 0 Å². The molecular formula is C21H29N3OS. The van der Waals surface area contributed by atoms with E-state index in [9.17, 15) is 5.11 Å². The molecule has 1 aliphatic heterocycles. The Kier molecular flexibility index (Phi) is 4.78. The zero-order valence-corrected chi connectivity index (χ0v) is 16.8. The van der Waals surface area contributed by atoms with Crippen LogP contribution in [-0.4, -0.2) is 26.7 Å². The molecule has 1 aliphatic carbocycles. The van der Waals surface area contributed by atoms with Gasteiger partial charge in [-0.2, -0.15) is 5.10 Å². The van der Waals surface area contributed by atoms with Crippen LogP contribution in [0.3, 0.4) is 0 Å². The Balaban J connectivity index is 1.63. The minimum atomic E-state index is -0.172. The van der Waals surface area contributed by atoms with Crippen LogP contribution in [0.1, 0.15) is 63.6 Å². The summed E-state index contributed by atoms with van der Waals surface area (Å²) < 4.78 is 2.10. The molecule has 0 saturated heterocycles. The summed E-state index contributed by atoms with van der Waals surface area (Å²) in [5, 5.41) is 18.4.